The molecule has 1 aromatic heterocycles. The second kappa shape index (κ2) is 6.19. The van der Waals surface area contributed by atoms with Crippen LogP contribution in [-0.4, -0.2) is 23.1 Å². The summed E-state index contributed by atoms with van der Waals surface area (Å²) in [4.78, 5) is 8.72. The molecule has 2 rings (SSSR count). The number of nitrogens with zero attached hydrogens (tertiary/aromatic N) is 2. The maximum atomic E-state index is 6.18. The topological polar surface area (TPSA) is 63.8 Å². The summed E-state index contributed by atoms with van der Waals surface area (Å²) in [6, 6.07) is 7.15. The zero-order valence-electron chi connectivity index (χ0n) is 10.5. The summed E-state index contributed by atoms with van der Waals surface area (Å²) in [5, 5.41) is 4.28. The molecule has 4 nitrogen and oxygen atoms in total. The molecule has 2 aromatic rings. The molecular formula is C13H14Cl2N4. The van der Waals surface area contributed by atoms with Gasteiger partial charge >= 0.3 is 0 Å². The van der Waals surface area contributed by atoms with Crippen molar-refractivity contribution in [2.45, 2.75) is 6.92 Å². The molecule has 0 unspecified atom stereocenters. The number of hydrogen-bond acceptors (Lipinski definition) is 4. The second-order valence-corrected chi connectivity index (χ2v) is 4.90. The highest BCUT2D eigenvalue weighted by Gasteiger charge is 2.09. The molecule has 100 valence electrons. The van der Waals surface area contributed by atoms with Crippen molar-refractivity contribution in [1.29, 1.82) is 0 Å². The Morgan fingerprint density at radius 3 is 2.74 bits per heavy atom. The quantitative estimate of drug-likeness (QED) is 0.910. The van der Waals surface area contributed by atoms with Crippen molar-refractivity contribution in [2.24, 2.45) is 5.73 Å². The monoisotopic (exact) mass is 296 g/mol. The third kappa shape index (κ3) is 3.56. The van der Waals surface area contributed by atoms with Crippen molar-refractivity contribution in [1.82, 2.24) is 9.97 Å². The van der Waals surface area contributed by atoms with Gasteiger partial charge in [0.2, 0.25) is 5.95 Å². The lowest BCUT2D eigenvalue weighted by molar-refractivity contribution is 0.981. The number of benzene rings is 1. The highest BCUT2D eigenvalue weighted by atomic mass is 35.5. The molecule has 3 N–H and O–H groups in total. The van der Waals surface area contributed by atoms with Gasteiger partial charge < -0.3 is 11.1 Å². The van der Waals surface area contributed by atoms with Gasteiger partial charge in [-0.1, -0.05) is 23.2 Å². The average molecular weight is 297 g/mol. The first-order chi connectivity index (χ1) is 9.10. The number of anilines is 1. The van der Waals surface area contributed by atoms with Gasteiger partial charge in [-0.3, -0.25) is 0 Å². The Hall–Kier alpha value is -1.36. The maximum absolute atomic E-state index is 6.18. The molecule has 19 heavy (non-hydrogen) atoms. The molecule has 0 bridgehead atoms. The molecule has 0 aliphatic heterocycles. The fourth-order valence-electron chi connectivity index (χ4n) is 1.66. The molecule has 1 heterocycles. The van der Waals surface area contributed by atoms with Gasteiger partial charge in [0, 0.05) is 29.4 Å². The van der Waals surface area contributed by atoms with Crippen LogP contribution in [0.1, 0.15) is 5.69 Å². The van der Waals surface area contributed by atoms with Crippen LogP contribution in [0.25, 0.3) is 11.3 Å². The van der Waals surface area contributed by atoms with E-state index in [1.54, 1.807) is 18.2 Å². The number of nitrogens with one attached hydrogen (secondary N) is 1. The largest absolute Gasteiger partial charge is 0.353 e. The standard InChI is InChI=1S/C13H14Cl2N4/c1-8-6-12(19-13(18-8)17-5-4-16)10-7-9(14)2-3-11(10)15/h2-3,6-7H,4-5,16H2,1H3,(H,17,18,19). The Balaban J connectivity index is 2.43. The Morgan fingerprint density at radius 2 is 2.00 bits per heavy atom. The van der Waals surface area contributed by atoms with Crippen LogP contribution in [0.4, 0.5) is 5.95 Å². The van der Waals surface area contributed by atoms with E-state index >= 15 is 0 Å². The Labute approximate surface area is 122 Å². The predicted molar refractivity (Wildman–Crippen MR) is 79.8 cm³/mol. The molecule has 0 radical (unpaired) electrons. The Kier molecular flexibility index (Phi) is 4.58. The van der Waals surface area contributed by atoms with Crippen LogP contribution in [-0.2, 0) is 0 Å². The molecule has 6 heteroatoms. The third-order valence-corrected chi connectivity index (χ3v) is 3.05. The summed E-state index contributed by atoms with van der Waals surface area (Å²) >= 11 is 12.2. The lowest BCUT2D eigenvalue weighted by Crippen LogP contribution is -2.15. The van der Waals surface area contributed by atoms with E-state index in [1.165, 1.54) is 0 Å². The first kappa shape index (κ1) is 14.1. The molecule has 0 spiro atoms. The van der Waals surface area contributed by atoms with E-state index in [0.717, 1.165) is 17.0 Å². The fraction of sp³-hybridized carbons (Fsp3) is 0.231. The molecule has 0 atom stereocenters. The SMILES string of the molecule is Cc1cc(-c2cc(Cl)ccc2Cl)nc(NCCN)n1. The lowest BCUT2D eigenvalue weighted by atomic mass is 10.1. The van der Waals surface area contributed by atoms with Crippen molar-refractivity contribution in [3.05, 3.63) is 40.0 Å². The molecule has 0 amide bonds. The summed E-state index contributed by atoms with van der Waals surface area (Å²) in [5.74, 6) is 0.538. The van der Waals surface area contributed by atoms with Crippen molar-refractivity contribution >= 4 is 29.2 Å². The fourth-order valence-corrected chi connectivity index (χ4v) is 2.05. The summed E-state index contributed by atoms with van der Waals surface area (Å²) in [5.41, 5.74) is 7.82. The van der Waals surface area contributed by atoms with E-state index in [9.17, 15) is 0 Å². The van der Waals surface area contributed by atoms with E-state index in [2.05, 4.69) is 15.3 Å². The van der Waals surface area contributed by atoms with E-state index in [0.29, 0.717) is 29.1 Å². The minimum absolute atomic E-state index is 0.518. The number of aromatic nitrogens is 2. The van der Waals surface area contributed by atoms with Crippen molar-refractivity contribution < 1.29 is 0 Å². The zero-order chi connectivity index (χ0) is 13.8. The Morgan fingerprint density at radius 1 is 1.21 bits per heavy atom. The normalized spacial score (nSPS) is 10.5. The number of aryl methyl sites for hydroxylation is 1. The second-order valence-electron chi connectivity index (χ2n) is 4.06. The average Bonchev–Trinajstić information content (AvgIpc) is 2.38. The van der Waals surface area contributed by atoms with Crippen molar-refractivity contribution in [3.8, 4) is 11.3 Å². The molecule has 0 aliphatic rings. The summed E-state index contributed by atoms with van der Waals surface area (Å²) < 4.78 is 0. The van der Waals surface area contributed by atoms with Gasteiger partial charge in [-0.25, -0.2) is 9.97 Å². The van der Waals surface area contributed by atoms with Gasteiger partial charge in [0.25, 0.3) is 0 Å². The van der Waals surface area contributed by atoms with Gasteiger partial charge in [0.1, 0.15) is 0 Å². The van der Waals surface area contributed by atoms with Crippen LogP contribution < -0.4 is 11.1 Å². The van der Waals surface area contributed by atoms with Crippen LogP contribution in [0.3, 0.4) is 0 Å². The number of nitrogens with two attached hydrogens (primary N) is 1. The summed E-state index contributed by atoms with van der Waals surface area (Å²) in [6.45, 7) is 3.04. The minimum Gasteiger partial charge on any atom is -0.353 e. The van der Waals surface area contributed by atoms with E-state index in [-0.39, 0.29) is 0 Å². The highest BCUT2D eigenvalue weighted by Crippen LogP contribution is 2.30. The molecule has 0 saturated carbocycles. The zero-order valence-corrected chi connectivity index (χ0v) is 12.0. The van der Waals surface area contributed by atoms with Crippen LogP contribution in [0.2, 0.25) is 10.0 Å². The van der Waals surface area contributed by atoms with Gasteiger partial charge in [-0.15, -0.1) is 0 Å². The predicted octanol–water partition coefficient (Wildman–Crippen LogP) is 3.13. The van der Waals surface area contributed by atoms with E-state index in [4.69, 9.17) is 28.9 Å². The molecule has 0 fully saturated rings. The molecule has 0 aliphatic carbocycles. The maximum Gasteiger partial charge on any atom is 0.223 e. The molecule has 0 saturated heterocycles. The van der Waals surface area contributed by atoms with Gasteiger partial charge in [-0.2, -0.15) is 0 Å². The van der Waals surface area contributed by atoms with Crippen molar-refractivity contribution in [3.63, 3.8) is 0 Å². The smallest absolute Gasteiger partial charge is 0.223 e. The molecule has 1 aromatic carbocycles. The summed E-state index contributed by atoms with van der Waals surface area (Å²) in [6.07, 6.45) is 0. The molecular weight excluding hydrogens is 283 g/mol. The van der Waals surface area contributed by atoms with E-state index in [1.807, 2.05) is 13.0 Å². The first-order valence-corrected chi connectivity index (χ1v) is 6.61. The van der Waals surface area contributed by atoms with Crippen LogP contribution in [0.5, 0.6) is 0 Å². The lowest BCUT2D eigenvalue weighted by Gasteiger charge is -2.09. The minimum atomic E-state index is 0.518. The van der Waals surface area contributed by atoms with E-state index < -0.39 is 0 Å². The highest BCUT2D eigenvalue weighted by molar-refractivity contribution is 6.35. The third-order valence-electron chi connectivity index (χ3n) is 2.49. The number of rotatable bonds is 4. The summed E-state index contributed by atoms with van der Waals surface area (Å²) in [7, 11) is 0. The first-order valence-electron chi connectivity index (χ1n) is 5.85. The Bertz CT molecular complexity index is 587. The number of halogens is 2. The number of hydrogen-bond donors (Lipinski definition) is 2. The van der Waals surface area contributed by atoms with Gasteiger partial charge in [0.05, 0.1) is 10.7 Å². The van der Waals surface area contributed by atoms with Crippen LogP contribution in [0.15, 0.2) is 24.3 Å². The van der Waals surface area contributed by atoms with Crippen LogP contribution >= 0.6 is 23.2 Å². The van der Waals surface area contributed by atoms with Crippen LogP contribution in [0, 0.1) is 6.92 Å². The van der Waals surface area contributed by atoms with Gasteiger partial charge in [0.15, 0.2) is 0 Å². The van der Waals surface area contributed by atoms with Gasteiger partial charge in [-0.05, 0) is 31.2 Å². The van der Waals surface area contributed by atoms with Crippen molar-refractivity contribution in [2.75, 3.05) is 18.4 Å².